The zero-order chi connectivity index (χ0) is 20.9. The molecule has 1 saturated heterocycles. The van der Waals surface area contributed by atoms with E-state index in [0.717, 1.165) is 29.9 Å². The summed E-state index contributed by atoms with van der Waals surface area (Å²) in [5.74, 6) is 1.98. The van der Waals surface area contributed by atoms with Crippen LogP contribution in [-0.4, -0.2) is 28.6 Å². The first-order valence-corrected chi connectivity index (χ1v) is 10.0. The molecule has 1 aliphatic rings. The maximum Gasteiger partial charge on any atom is 0.253 e. The van der Waals surface area contributed by atoms with Crippen molar-refractivity contribution in [2.45, 2.75) is 32.8 Å². The van der Waals surface area contributed by atoms with Gasteiger partial charge in [0.15, 0.2) is 0 Å². The minimum atomic E-state index is -0.341. The number of anilines is 5. The number of amides is 1. The van der Waals surface area contributed by atoms with E-state index >= 15 is 0 Å². The summed E-state index contributed by atoms with van der Waals surface area (Å²) in [4.78, 5) is 21.1. The van der Waals surface area contributed by atoms with Gasteiger partial charge in [0.25, 0.3) is 5.91 Å². The lowest BCUT2D eigenvalue weighted by atomic mass is 10.2. The van der Waals surface area contributed by atoms with Gasteiger partial charge in [0, 0.05) is 29.7 Å². The fourth-order valence-corrected chi connectivity index (χ4v) is 3.27. The number of nitrogens with zero attached hydrogens (tertiary/aromatic N) is 2. The molecule has 0 bridgehead atoms. The Morgan fingerprint density at radius 3 is 2.03 bits per heavy atom. The van der Waals surface area contributed by atoms with E-state index in [4.69, 9.17) is 4.74 Å². The van der Waals surface area contributed by atoms with Gasteiger partial charge in [-0.15, -0.1) is 0 Å². The monoisotopic (exact) mass is 403 g/mol. The maximum atomic E-state index is 12.2. The SMILES string of the molecule is Cc1ccc(Nc2cc(Nc3ccc(NC(=O)C4CCCO4)cc3)nc(C)n2)cc1. The lowest BCUT2D eigenvalue weighted by Crippen LogP contribution is -2.26. The molecule has 0 spiro atoms. The molecular weight excluding hydrogens is 378 g/mol. The summed E-state index contributed by atoms with van der Waals surface area (Å²) < 4.78 is 5.42. The summed E-state index contributed by atoms with van der Waals surface area (Å²) in [7, 11) is 0. The van der Waals surface area contributed by atoms with Crippen molar-refractivity contribution >= 4 is 34.6 Å². The molecule has 1 atom stereocenters. The van der Waals surface area contributed by atoms with E-state index in [9.17, 15) is 4.79 Å². The highest BCUT2D eigenvalue weighted by molar-refractivity contribution is 5.94. The average molecular weight is 403 g/mol. The third kappa shape index (κ3) is 5.12. The van der Waals surface area contributed by atoms with E-state index in [1.54, 1.807) is 0 Å². The molecule has 1 fully saturated rings. The van der Waals surface area contributed by atoms with E-state index in [-0.39, 0.29) is 12.0 Å². The van der Waals surface area contributed by atoms with E-state index < -0.39 is 0 Å². The van der Waals surface area contributed by atoms with Gasteiger partial charge in [0.1, 0.15) is 23.6 Å². The van der Waals surface area contributed by atoms with Gasteiger partial charge < -0.3 is 20.7 Å². The second-order valence-electron chi connectivity index (χ2n) is 7.37. The molecule has 3 N–H and O–H groups in total. The van der Waals surface area contributed by atoms with Crippen LogP contribution in [0.1, 0.15) is 24.2 Å². The number of nitrogens with one attached hydrogen (secondary N) is 3. The van der Waals surface area contributed by atoms with Gasteiger partial charge in [-0.2, -0.15) is 0 Å². The molecule has 3 aromatic rings. The van der Waals surface area contributed by atoms with Crippen LogP contribution in [0.3, 0.4) is 0 Å². The Labute approximate surface area is 175 Å². The largest absolute Gasteiger partial charge is 0.368 e. The first kappa shape index (κ1) is 19.8. The molecule has 0 aliphatic carbocycles. The number of carbonyl (C=O) groups excluding carboxylic acids is 1. The summed E-state index contributed by atoms with van der Waals surface area (Å²) in [5.41, 5.74) is 3.78. The lowest BCUT2D eigenvalue weighted by Gasteiger charge is -2.12. The second kappa shape index (κ2) is 8.92. The van der Waals surface area contributed by atoms with Crippen LogP contribution >= 0.6 is 0 Å². The molecule has 1 aromatic heterocycles. The zero-order valence-corrected chi connectivity index (χ0v) is 17.1. The van der Waals surface area contributed by atoms with E-state index in [0.29, 0.717) is 24.1 Å². The highest BCUT2D eigenvalue weighted by Crippen LogP contribution is 2.22. The highest BCUT2D eigenvalue weighted by atomic mass is 16.5. The Balaban J connectivity index is 1.41. The van der Waals surface area contributed by atoms with Crippen molar-refractivity contribution < 1.29 is 9.53 Å². The Bertz CT molecular complexity index is 1010. The minimum absolute atomic E-state index is 0.0912. The number of benzene rings is 2. The molecule has 30 heavy (non-hydrogen) atoms. The van der Waals surface area contributed by atoms with Crippen LogP contribution in [0.4, 0.5) is 28.7 Å². The Kier molecular flexibility index (Phi) is 5.90. The van der Waals surface area contributed by atoms with Crippen LogP contribution in [0.15, 0.2) is 54.6 Å². The van der Waals surface area contributed by atoms with Crippen molar-refractivity contribution in [2.24, 2.45) is 0 Å². The number of hydrogen-bond acceptors (Lipinski definition) is 6. The van der Waals surface area contributed by atoms with Crippen molar-refractivity contribution in [2.75, 3.05) is 22.6 Å². The summed E-state index contributed by atoms with van der Waals surface area (Å²) >= 11 is 0. The normalized spacial score (nSPS) is 15.6. The number of ether oxygens (including phenoxy) is 1. The first-order chi connectivity index (χ1) is 14.5. The van der Waals surface area contributed by atoms with Gasteiger partial charge in [-0.25, -0.2) is 9.97 Å². The van der Waals surface area contributed by atoms with Gasteiger partial charge >= 0.3 is 0 Å². The van der Waals surface area contributed by atoms with E-state index in [1.165, 1.54) is 5.56 Å². The molecule has 154 valence electrons. The molecule has 2 aromatic carbocycles. The Morgan fingerprint density at radius 1 is 0.900 bits per heavy atom. The van der Waals surface area contributed by atoms with Crippen LogP contribution in [0.2, 0.25) is 0 Å². The molecular formula is C23H25N5O2. The second-order valence-corrected chi connectivity index (χ2v) is 7.37. The number of aromatic nitrogens is 2. The quantitative estimate of drug-likeness (QED) is 0.553. The zero-order valence-electron chi connectivity index (χ0n) is 17.1. The van der Waals surface area contributed by atoms with Crippen molar-refractivity contribution in [3.8, 4) is 0 Å². The smallest absolute Gasteiger partial charge is 0.253 e. The predicted octanol–water partition coefficient (Wildman–Crippen LogP) is 4.70. The number of rotatable bonds is 6. The predicted molar refractivity (Wildman–Crippen MR) is 119 cm³/mol. The van der Waals surface area contributed by atoms with Crippen LogP contribution in [0.25, 0.3) is 0 Å². The summed E-state index contributed by atoms with van der Waals surface area (Å²) in [5, 5.41) is 9.49. The molecule has 1 amide bonds. The molecule has 1 unspecified atom stereocenters. The lowest BCUT2D eigenvalue weighted by molar-refractivity contribution is -0.124. The third-order valence-corrected chi connectivity index (χ3v) is 4.81. The minimum Gasteiger partial charge on any atom is -0.368 e. The molecule has 0 saturated carbocycles. The Morgan fingerprint density at radius 2 is 1.47 bits per heavy atom. The fraction of sp³-hybridized carbons (Fsp3) is 0.261. The van der Waals surface area contributed by atoms with Gasteiger partial charge in [-0.05, 0) is 63.1 Å². The molecule has 4 rings (SSSR count). The third-order valence-electron chi connectivity index (χ3n) is 4.81. The van der Waals surface area contributed by atoms with Crippen molar-refractivity contribution in [1.29, 1.82) is 0 Å². The molecule has 0 radical (unpaired) electrons. The number of aryl methyl sites for hydroxylation is 2. The fourth-order valence-electron chi connectivity index (χ4n) is 3.27. The molecule has 2 heterocycles. The van der Waals surface area contributed by atoms with Crippen molar-refractivity contribution in [1.82, 2.24) is 9.97 Å². The van der Waals surface area contributed by atoms with Crippen LogP contribution in [-0.2, 0) is 9.53 Å². The molecule has 1 aliphatic heterocycles. The van der Waals surface area contributed by atoms with Crippen molar-refractivity contribution in [3.63, 3.8) is 0 Å². The average Bonchev–Trinajstić information content (AvgIpc) is 3.26. The van der Waals surface area contributed by atoms with E-state index in [1.807, 2.05) is 49.4 Å². The molecule has 7 nitrogen and oxygen atoms in total. The molecule has 7 heteroatoms. The van der Waals surface area contributed by atoms with Gasteiger partial charge in [-0.1, -0.05) is 17.7 Å². The van der Waals surface area contributed by atoms with Crippen LogP contribution in [0.5, 0.6) is 0 Å². The summed E-state index contributed by atoms with van der Waals surface area (Å²) in [6, 6.07) is 17.5. The van der Waals surface area contributed by atoms with Gasteiger partial charge in [0.05, 0.1) is 0 Å². The standard InChI is InChI=1S/C23H25N5O2/c1-15-5-7-17(8-6-15)26-21-14-22(25-16(2)24-21)27-18-9-11-19(12-10-18)28-23(29)20-4-3-13-30-20/h5-12,14,20H,3-4,13H2,1-2H3,(H,28,29)(H2,24,25,26,27). The van der Waals surface area contributed by atoms with Gasteiger partial charge in [-0.3, -0.25) is 4.79 Å². The van der Waals surface area contributed by atoms with Crippen molar-refractivity contribution in [3.05, 3.63) is 66.0 Å². The summed E-state index contributed by atoms with van der Waals surface area (Å²) in [6.07, 6.45) is 1.36. The number of carbonyl (C=O) groups is 1. The van der Waals surface area contributed by atoms with Crippen LogP contribution in [0, 0.1) is 13.8 Å². The maximum absolute atomic E-state index is 12.2. The topological polar surface area (TPSA) is 88.2 Å². The first-order valence-electron chi connectivity index (χ1n) is 10.0. The Hall–Kier alpha value is -3.45. The van der Waals surface area contributed by atoms with E-state index in [2.05, 4.69) is 45.0 Å². The number of hydrogen-bond donors (Lipinski definition) is 3. The highest BCUT2D eigenvalue weighted by Gasteiger charge is 2.23. The van der Waals surface area contributed by atoms with Gasteiger partial charge in [0.2, 0.25) is 0 Å². The van der Waals surface area contributed by atoms with Crippen LogP contribution < -0.4 is 16.0 Å². The summed E-state index contributed by atoms with van der Waals surface area (Å²) in [6.45, 7) is 4.56.